The largest absolute Gasteiger partial charge is 0.481 e. The number of nitrogens with two attached hydrogens (primary N) is 4. The van der Waals surface area contributed by atoms with Crippen LogP contribution in [0.25, 0.3) is 0 Å². The van der Waals surface area contributed by atoms with Gasteiger partial charge in [-0.3, -0.25) is 19.2 Å². The van der Waals surface area contributed by atoms with E-state index >= 15 is 0 Å². The SMILES string of the molecule is NCCCC(N)C(=O)O.NCCCC(N)C(=O)O.O=C(O)CCC(=O)C(=O)O. The zero-order chi connectivity index (χ0) is 22.7. The highest BCUT2D eigenvalue weighted by atomic mass is 16.4. The summed E-state index contributed by atoms with van der Waals surface area (Å²) in [6.45, 7) is 1.00. The van der Waals surface area contributed by atoms with E-state index in [1.807, 2.05) is 0 Å². The number of carboxylic acid groups (broad SMARTS) is 4. The molecule has 12 N–H and O–H groups in total. The molecule has 0 heterocycles. The first-order valence-electron chi connectivity index (χ1n) is 8.25. The van der Waals surface area contributed by atoms with Crippen LogP contribution < -0.4 is 22.9 Å². The van der Waals surface area contributed by atoms with E-state index in [1.165, 1.54) is 0 Å². The summed E-state index contributed by atoms with van der Waals surface area (Å²) in [6, 6.07) is -1.48. The molecule has 0 saturated heterocycles. The fraction of sp³-hybridized carbons (Fsp3) is 0.667. The van der Waals surface area contributed by atoms with Gasteiger partial charge in [-0.1, -0.05) is 0 Å². The van der Waals surface area contributed by atoms with Gasteiger partial charge in [0.1, 0.15) is 12.1 Å². The summed E-state index contributed by atoms with van der Waals surface area (Å²) in [4.78, 5) is 49.8. The van der Waals surface area contributed by atoms with Crippen molar-refractivity contribution in [2.45, 2.75) is 50.6 Å². The smallest absolute Gasteiger partial charge is 0.372 e. The van der Waals surface area contributed by atoms with Gasteiger partial charge in [-0.15, -0.1) is 0 Å². The van der Waals surface area contributed by atoms with Gasteiger partial charge < -0.3 is 43.4 Å². The minimum Gasteiger partial charge on any atom is -0.481 e. The molecular weight excluding hydrogens is 380 g/mol. The molecule has 2 atom stereocenters. The molecule has 0 aromatic carbocycles. The Hall–Kier alpha value is -2.61. The van der Waals surface area contributed by atoms with E-state index in [-0.39, 0.29) is 0 Å². The molecule has 164 valence electrons. The van der Waals surface area contributed by atoms with E-state index in [2.05, 4.69) is 0 Å². The molecule has 0 saturated carbocycles. The third kappa shape index (κ3) is 23.4. The molecule has 13 nitrogen and oxygen atoms in total. The number of rotatable bonds is 12. The maximum atomic E-state index is 10.2. The second kappa shape index (κ2) is 19.2. The molecule has 0 radical (unpaired) electrons. The highest BCUT2D eigenvalue weighted by molar-refractivity contribution is 6.32. The van der Waals surface area contributed by atoms with Crippen LogP contribution in [0.5, 0.6) is 0 Å². The molecule has 0 aliphatic heterocycles. The molecule has 0 fully saturated rings. The quantitative estimate of drug-likeness (QED) is 0.158. The van der Waals surface area contributed by atoms with Crippen molar-refractivity contribution < 1.29 is 44.4 Å². The zero-order valence-electron chi connectivity index (χ0n) is 15.5. The van der Waals surface area contributed by atoms with Gasteiger partial charge in [-0.05, 0) is 38.8 Å². The molecule has 13 heteroatoms. The Labute approximate surface area is 161 Å². The van der Waals surface area contributed by atoms with Crippen LogP contribution in [0.2, 0.25) is 0 Å². The van der Waals surface area contributed by atoms with Gasteiger partial charge >= 0.3 is 23.9 Å². The van der Waals surface area contributed by atoms with E-state index in [1.54, 1.807) is 0 Å². The van der Waals surface area contributed by atoms with E-state index in [9.17, 15) is 24.0 Å². The molecule has 0 spiro atoms. The summed E-state index contributed by atoms with van der Waals surface area (Å²) in [6.07, 6.45) is 1.41. The second-order valence-corrected chi connectivity index (χ2v) is 5.37. The molecular formula is C15H30N4O9. The molecule has 0 aliphatic rings. The van der Waals surface area contributed by atoms with Crippen molar-refractivity contribution in [1.29, 1.82) is 0 Å². The minimum atomic E-state index is -1.58. The fourth-order valence-corrected chi connectivity index (χ4v) is 1.25. The third-order valence-corrected chi connectivity index (χ3v) is 2.88. The van der Waals surface area contributed by atoms with Gasteiger partial charge in [0.05, 0.1) is 6.42 Å². The lowest BCUT2D eigenvalue weighted by Crippen LogP contribution is -2.30. The molecule has 0 rings (SSSR count). The first kappa shape index (κ1) is 30.1. The third-order valence-electron chi connectivity index (χ3n) is 2.88. The van der Waals surface area contributed by atoms with Crippen LogP contribution in [0.15, 0.2) is 0 Å². The Morgan fingerprint density at radius 2 is 1.04 bits per heavy atom. The van der Waals surface area contributed by atoms with Crippen LogP contribution in [-0.4, -0.2) is 75.3 Å². The lowest BCUT2D eigenvalue weighted by Gasteiger charge is -2.02. The number of aliphatic carboxylic acids is 4. The monoisotopic (exact) mass is 410 g/mol. The Morgan fingerprint density at radius 1 is 0.679 bits per heavy atom. The average Bonchev–Trinajstić information content (AvgIpc) is 2.62. The van der Waals surface area contributed by atoms with E-state index in [4.69, 9.17) is 43.4 Å². The summed E-state index contributed by atoms with van der Waals surface area (Å²) in [5, 5.41) is 32.4. The summed E-state index contributed by atoms with van der Waals surface area (Å²) >= 11 is 0. The van der Waals surface area contributed by atoms with Crippen molar-refractivity contribution in [2.24, 2.45) is 22.9 Å². The number of hydrogen-bond donors (Lipinski definition) is 8. The normalized spacial score (nSPS) is 11.6. The molecule has 0 aromatic heterocycles. The van der Waals surface area contributed by atoms with E-state index in [0.717, 1.165) is 0 Å². The Bertz CT molecular complexity index is 476. The maximum absolute atomic E-state index is 10.2. The Morgan fingerprint density at radius 3 is 1.25 bits per heavy atom. The van der Waals surface area contributed by atoms with Gasteiger partial charge in [-0.2, -0.15) is 0 Å². The summed E-state index contributed by atoms with van der Waals surface area (Å²) in [7, 11) is 0. The number of carbonyl (C=O) groups excluding carboxylic acids is 1. The maximum Gasteiger partial charge on any atom is 0.372 e. The standard InChI is InChI=1S/2C5H12N2O2.C5H6O5/c2*6-3-1-2-4(7)5(8)9;6-3(5(9)10)1-2-4(7)8/h2*4H,1-3,6-7H2,(H,8,9);1-2H2,(H,7,8)(H,9,10). The summed E-state index contributed by atoms with van der Waals surface area (Å²) in [5.41, 5.74) is 20.6. The topological polar surface area (TPSA) is 270 Å². The molecule has 28 heavy (non-hydrogen) atoms. The van der Waals surface area contributed by atoms with Crippen molar-refractivity contribution >= 4 is 29.7 Å². The highest BCUT2D eigenvalue weighted by Gasteiger charge is 2.12. The molecule has 0 bridgehead atoms. The van der Waals surface area contributed by atoms with Crippen molar-refractivity contribution in [1.82, 2.24) is 0 Å². The predicted octanol–water partition coefficient (Wildman–Crippen LogP) is -2.22. The minimum absolute atomic E-state index is 0.425. The van der Waals surface area contributed by atoms with Crippen LogP contribution >= 0.6 is 0 Å². The van der Waals surface area contributed by atoms with Crippen molar-refractivity contribution in [2.75, 3.05) is 13.1 Å². The van der Waals surface area contributed by atoms with Crippen LogP contribution in [0.3, 0.4) is 0 Å². The molecule has 0 amide bonds. The van der Waals surface area contributed by atoms with E-state index < -0.39 is 54.6 Å². The molecule has 2 unspecified atom stereocenters. The van der Waals surface area contributed by atoms with Gasteiger partial charge in [0.25, 0.3) is 0 Å². The predicted molar refractivity (Wildman–Crippen MR) is 97.3 cm³/mol. The number of Topliss-reactive ketones (excluding diaryl/α,β-unsaturated/α-hetero) is 1. The number of ketones is 1. The highest BCUT2D eigenvalue weighted by Crippen LogP contribution is 1.92. The second-order valence-electron chi connectivity index (χ2n) is 5.37. The van der Waals surface area contributed by atoms with Gasteiger partial charge in [0.15, 0.2) is 0 Å². The number of carbonyl (C=O) groups is 5. The Kier molecular flexibility index (Phi) is 20.6. The van der Waals surface area contributed by atoms with Crippen molar-refractivity contribution in [3.8, 4) is 0 Å². The number of hydrogen-bond acceptors (Lipinski definition) is 9. The Balaban J connectivity index is -0.000000336. The first-order valence-corrected chi connectivity index (χ1v) is 8.25. The van der Waals surface area contributed by atoms with Gasteiger partial charge in [-0.25, -0.2) is 4.79 Å². The van der Waals surface area contributed by atoms with Gasteiger partial charge in [0, 0.05) is 6.42 Å². The van der Waals surface area contributed by atoms with Crippen LogP contribution in [0, 0.1) is 0 Å². The lowest BCUT2D eigenvalue weighted by atomic mass is 10.2. The average molecular weight is 410 g/mol. The van der Waals surface area contributed by atoms with Gasteiger partial charge in [0.2, 0.25) is 5.78 Å². The zero-order valence-corrected chi connectivity index (χ0v) is 15.5. The molecule has 0 aromatic rings. The first-order chi connectivity index (χ1) is 12.9. The van der Waals surface area contributed by atoms with Crippen molar-refractivity contribution in [3.63, 3.8) is 0 Å². The lowest BCUT2D eigenvalue weighted by molar-refractivity contribution is -0.149. The van der Waals surface area contributed by atoms with Crippen molar-refractivity contribution in [3.05, 3.63) is 0 Å². The number of carboxylic acids is 4. The van der Waals surface area contributed by atoms with Crippen LogP contribution in [0.1, 0.15) is 38.5 Å². The van der Waals surface area contributed by atoms with Crippen LogP contribution in [-0.2, 0) is 24.0 Å². The van der Waals surface area contributed by atoms with E-state index in [0.29, 0.717) is 38.8 Å². The van der Waals surface area contributed by atoms with Crippen LogP contribution in [0.4, 0.5) is 0 Å². The fourth-order valence-electron chi connectivity index (χ4n) is 1.25. The molecule has 0 aliphatic carbocycles. The summed E-state index contributed by atoms with van der Waals surface area (Å²) < 4.78 is 0. The summed E-state index contributed by atoms with van der Waals surface area (Å²) in [5.74, 6) is -5.73.